The van der Waals surface area contributed by atoms with E-state index in [1.54, 1.807) is 18.2 Å². The SMILES string of the molecule is C1=C=NN=NN=CC=CC=1. The summed E-state index contributed by atoms with van der Waals surface area (Å²) in [7, 11) is 0. The summed E-state index contributed by atoms with van der Waals surface area (Å²) >= 11 is 0. The first-order valence-electron chi connectivity index (χ1n) is 2.62. The lowest BCUT2D eigenvalue weighted by molar-refractivity contribution is 0.968. The Morgan fingerprint density at radius 2 is 2.10 bits per heavy atom. The second-order valence-electron chi connectivity index (χ2n) is 1.35. The number of rotatable bonds is 0. The highest BCUT2D eigenvalue weighted by Gasteiger charge is 1.64. The van der Waals surface area contributed by atoms with Crippen molar-refractivity contribution >= 4 is 12.1 Å². The third kappa shape index (κ3) is 2.52. The molecule has 0 amide bonds. The van der Waals surface area contributed by atoms with Crippen LogP contribution in [0.3, 0.4) is 0 Å². The van der Waals surface area contributed by atoms with Crippen molar-refractivity contribution in [1.82, 2.24) is 0 Å². The minimum absolute atomic E-state index is 1.50. The van der Waals surface area contributed by atoms with Crippen molar-refractivity contribution in [3.8, 4) is 0 Å². The van der Waals surface area contributed by atoms with Gasteiger partial charge in [0.2, 0.25) is 0 Å². The van der Waals surface area contributed by atoms with Gasteiger partial charge < -0.3 is 0 Å². The molecule has 48 valence electrons. The molecule has 0 spiro atoms. The molecule has 1 aliphatic rings. The highest BCUT2D eigenvalue weighted by molar-refractivity contribution is 5.71. The molecule has 0 unspecified atom stereocenters. The summed E-state index contributed by atoms with van der Waals surface area (Å²) in [5.41, 5.74) is 2.61. The molecule has 1 aliphatic heterocycles. The predicted molar refractivity (Wildman–Crippen MR) is 38.0 cm³/mol. The Kier molecular flexibility index (Phi) is 2.64. The van der Waals surface area contributed by atoms with Crippen LogP contribution in [0.2, 0.25) is 0 Å². The van der Waals surface area contributed by atoms with Crippen molar-refractivity contribution in [2.45, 2.75) is 0 Å². The van der Waals surface area contributed by atoms with E-state index >= 15 is 0 Å². The Hall–Kier alpha value is -1.76. The summed E-state index contributed by atoms with van der Waals surface area (Å²) in [6, 6.07) is 0. The maximum absolute atomic E-state index is 3.50. The average Bonchev–Trinajstić information content (AvgIpc) is 2.01. The Bertz CT molecular complexity index is 244. The lowest BCUT2D eigenvalue weighted by Gasteiger charge is -1.70. The molecule has 0 atom stereocenters. The summed E-state index contributed by atoms with van der Waals surface area (Å²) < 4.78 is 0. The molecule has 10 heavy (non-hydrogen) atoms. The minimum atomic E-state index is 1.50. The van der Waals surface area contributed by atoms with Gasteiger partial charge in [-0.3, -0.25) is 0 Å². The average molecular weight is 132 g/mol. The summed E-state index contributed by atoms with van der Waals surface area (Å²) in [5.74, 6) is 2.39. The van der Waals surface area contributed by atoms with E-state index in [2.05, 4.69) is 32.3 Å². The van der Waals surface area contributed by atoms with Crippen molar-refractivity contribution in [3.63, 3.8) is 0 Å². The molecule has 0 aliphatic carbocycles. The van der Waals surface area contributed by atoms with E-state index in [-0.39, 0.29) is 0 Å². The van der Waals surface area contributed by atoms with Gasteiger partial charge in [-0.1, -0.05) is 11.2 Å². The van der Waals surface area contributed by atoms with Gasteiger partial charge in [-0.25, -0.2) is 0 Å². The Balaban J connectivity index is 2.90. The van der Waals surface area contributed by atoms with Crippen LogP contribution in [0, 0.1) is 0 Å². The largest absolute Gasteiger partial charge is 0.137 e. The van der Waals surface area contributed by atoms with Crippen molar-refractivity contribution < 1.29 is 0 Å². The van der Waals surface area contributed by atoms with Crippen molar-refractivity contribution in [3.05, 3.63) is 24.0 Å². The van der Waals surface area contributed by atoms with Gasteiger partial charge in [0.05, 0.1) is 12.1 Å². The normalized spacial score (nSPS) is 14.4. The topological polar surface area (TPSA) is 49.4 Å². The van der Waals surface area contributed by atoms with Gasteiger partial charge in [-0.2, -0.15) is 0 Å². The van der Waals surface area contributed by atoms with Gasteiger partial charge in [0, 0.05) is 0 Å². The molecular formula is C6H4N4. The summed E-state index contributed by atoms with van der Waals surface area (Å²) in [5, 5.41) is 13.4. The van der Waals surface area contributed by atoms with E-state index in [0.29, 0.717) is 0 Å². The van der Waals surface area contributed by atoms with Gasteiger partial charge >= 0.3 is 0 Å². The smallest absolute Gasteiger partial charge is 0.0643 e. The first-order valence-corrected chi connectivity index (χ1v) is 2.62. The summed E-state index contributed by atoms with van der Waals surface area (Å²) in [6.07, 6.45) is 6.60. The van der Waals surface area contributed by atoms with Crippen LogP contribution in [0.4, 0.5) is 0 Å². The number of hydrogen-bond acceptors (Lipinski definition) is 4. The van der Waals surface area contributed by atoms with Gasteiger partial charge in [0.1, 0.15) is 0 Å². The van der Waals surface area contributed by atoms with Crippen LogP contribution in [0.25, 0.3) is 0 Å². The first kappa shape index (κ1) is 6.36. The molecule has 4 heteroatoms. The van der Waals surface area contributed by atoms with E-state index < -0.39 is 0 Å². The van der Waals surface area contributed by atoms with Crippen molar-refractivity contribution in [1.29, 1.82) is 0 Å². The van der Waals surface area contributed by atoms with E-state index in [1.165, 1.54) is 6.21 Å². The number of hydrogen-bond donors (Lipinski definition) is 0. The molecule has 0 saturated carbocycles. The fourth-order valence-electron chi connectivity index (χ4n) is 0.353. The molecule has 4 nitrogen and oxygen atoms in total. The monoisotopic (exact) mass is 132 g/mol. The fourth-order valence-corrected chi connectivity index (χ4v) is 0.353. The van der Waals surface area contributed by atoms with E-state index in [4.69, 9.17) is 0 Å². The van der Waals surface area contributed by atoms with Crippen molar-refractivity contribution in [2.24, 2.45) is 20.6 Å². The molecule has 1 rings (SSSR count). The maximum Gasteiger partial charge on any atom is 0.0643 e. The third-order valence-corrected chi connectivity index (χ3v) is 0.694. The van der Waals surface area contributed by atoms with E-state index in [1.807, 2.05) is 0 Å². The molecule has 0 radical (unpaired) electrons. The van der Waals surface area contributed by atoms with Crippen LogP contribution in [-0.4, -0.2) is 12.1 Å². The zero-order valence-corrected chi connectivity index (χ0v) is 5.10. The van der Waals surface area contributed by atoms with Crippen LogP contribution in [0.5, 0.6) is 0 Å². The maximum atomic E-state index is 3.50. The van der Waals surface area contributed by atoms with E-state index in [9.17, 15) is 0 Å². The zero-order chi connectivity index (χ0) is 7.07. The van der Waals surface area contributed by atoms with Gasteiger partial charge in [0.25, 0.3) is 0 Å². The van der Waals surface area contributed by atoms with E-state index in [0.717, 1.165) is 0 Å². The molecule has 0 N–H and O–H groups in total. The second-order valence-corrected chi connectivity index (χ2v) is 1.35. The predicted octanol–water partition coefficient (Wildman–Crippen LogP) is 1.29. The lowest BCUT2D eigenvalue weighted by atomic mass is 10.5. The van der Waals surface area contributed by atoms with Crippen molar-refractivity contribution in [2.75, 3.05) is 0 Å². The summed E-state index contributed by atoms with van der Waals surface area (Å²) in [6.45, 7) is 0. The van der Waals surface area contributed by atoms with Gasteiger partial charge in [-0.05, 0) is 28.3 Å². The van der Waals surface area contributed by atoms with Crippen LogP contribution in [0.15, 0.2) is 44.6 Å². The minimum Gasteiger partial charge on any atom is -0.137 e. The summed E-state index contributed by atoms with van der Waals surface area (Å²) in [4.78, 5) is 0. The standard InChI is InChI=1S/C6H4N4/c1-2-4-6-8-10-9-7-5-3-1/h1-3,5H. The van der Waals surface area contributed by atoms with Gasteiger partial charge in [-0.15, -0.1) is 5.10 Å². The highest BCUT2D eigenvalue weighted by Crippen LogP contribution is 1.78. The fraction of sp³-hybridized carbons (Fsp3) is 0. The molecule has 0 bridgehead atoms. The Morgan fingerprint density at radius 3 is 3.10 bits per heavy atom. The van der Waals surface area contributed by atoms with Crippen LogP contribution >= 0.6 is 0 Å². The zero-order valence-electron chi connectivity index (χ0n) is 5.10. The Labute approximate surface area is 57.7 Å². The molecule has 0 aromatic rings. The highest BCUT2D eigenvalue weighted by atomic mass is 15.5. The van der Waals surface area contributed by atoms with Crippen LogP contribution in [-0.2, 0) is 0 Å². The number of nitrogens with zero attached hydrogens (tertiary/aromatic N) is 4. The lowest BCUT2D eigenvalue weighted by Crippen LogP contribution is -1.60. The van der Waals surface area contributed by atoms with Gasteiger partial charge in [0.15, 0.2) is 0 Å². The quantitative estimate of drug-likeness (QED) is 0.446. The Morgan fingerprint density at radius 1 is 1.10 bits per heavy atom. The molecule has 0 fully saturated rings. The second kappa shape index (κ2) is 4.15. The van der Waals surface area contributed by atoms with Crippen LogP contribution < -0.4 is 0 Å². The molecular weight excluding hydrogens is 128 g/mol. The third-order valence-electron chi connectivity index (χ3n) is 0.694. The molecule has 1 heterocycles. The molecule has 0 aromatic carbocycles. The molecule has 0 aromatic heterocycles. The number of allylic oxidation sites excluding steroid dienone is 3. The van der Waals surface area contributed by atoms with Crippen LogP contribution in [0.1, 0.15) is 0 Å². The molecule has 0 saturated heterocycles. The first-order chi connectivity index (χ1) is 5.00.